The fourth-order valence-corrected chi connectivity index (χ4v) is 3.59. The lowest BCUT2D eigenvalue weighted by Crippen LogP contribution is -2.23. The summed E-state index contributed by atoms with van der Waals surface area (Å²) in [5.74, 6) is -0.294. The fraction of sp³-hybridized carbons (Fsp3) is 0.143. The van der Waals surface area contributed by atoms with E-state index in [0.29, 0.717) is 11.3 Å². The maximum Gasteiger partial charge on any atom is 0.255 e. The van der Waals surface area contributed by atoms with Crippen LogP contribution in [0, 0.1) is 0 Å². The lowest BCUT2D eigenvalue weighted by atomic mass is 10.1. The average Bonchev–Trinajstić information content (AvgIpc) is 2.74. The van der Waals surface area contributed by atoms with Crippen molar-refractivity contribution in [2.45, 2.75) is 24.8 Å². The maximum absolute atomic E-state index is 12.4. The van der Waals surface area contributed by atoms with E-state index in [1.807, 2.05) is 24.3 Å². The molecule has 6 nitrogen and oxygen atoms in total. The molecule has 1 aromatic heterocycles. The van der Waals surface area contributed by atoms with Gasteiger partial charge in [-0.25, -0.2) is 13.1 Å². The van der Waals surface area contributed by atoms with Gasteiger partial charge in [0.2, 0.25) is 10.0 Å². The van der Waals surface area contributed by atoms with Gasteiger partial charge in [-0.15, -0.1) is 0 Å². The van der Waals surface area contributed by atoms with E-state index in [1.54, 1.807) is 24.5 Å². The molecule has 2 N–H and O–H groups in total. The average molecular weight is 395 g/mol. The molecule has 2 aromatic carbocycles. The molecule has 0 radical (unpaired) electrons. The molecule has 0 atom stereocenters. The Morgan fingerprint density at radius 1 is 0.893 bits per heavy atom. The van der Waals surface area contributed by atoms with Crippen LogP contribution in [0.3, 0.4) is 0 Å². The van der Waals surface area contributed by atoms with Crippen LogP contribution in [0.4, 0.5) is 5.69 Å². The third kappa shape index (κ3) is 5.03. The van der Waals surface area contributed by atoms with Crippen LogP contribution < -0.4 is 10.0 Å². The van der Waals surface area contributed by atoms with Crippen molar-refractivity contribution in [3.05, 3.63) is 89.7 Å². The molecule has 0 bridgehead atoms. The second-order valence-electron chi connectivity index (χ2n) is 6.21. The van der Waals surface area contributed by atoms with Crippen LogP contribution in [-0.2, 0) is 23.0 Å². The summed E-state index contributed by atoms with van der Waals surface area (Å²) in [4.78, 5) is 16.4. The van der Waals surface area contributed by atoms with Crippen molar-refractivity contribution in [1.82, 2.24) is 9.71 Å². The van der Waals surface area contributed by atoms with Gasteiger partial charge in [0.05, 0.1) is 4.90 Å². The highest BCUT2D eigenvalue weighted by atomic mass is 32.2. The summed E-state index contributed by atoms with van der Waals surface area (Å²) in [6, 6.07) is 16.9. The Morgan fingerprint density at radius 2 is 1.54 bits per heavy atom. The molecule has 0 unspecified atom stereocenters. The first kappa shape index (κ1) is 19.7. The summed E-state index contributed by atoms with van der Waals surface area (Å²) < 4.78 is 27.4. The normalized spacial score (nSPS) is 11.2. The van der Waals surface area contributed by atoms with Gasteiger partial charge in [-0.1, -0.05) is 19.1 Å². The molecule has 0 fully saturated rings. The van der Waals surface area contributed by atoms with Crippen molar-refractivity contribution in [3.8, 4) is 0 Å². The molecule has 0 saturated heterocycles. The number of hydrogen-bond acceptors (Lipinski definition) is 4. The number of carbonyl (C=O) groups excluding carboxylic acids is 1. The molecule has 28 heavy (non-hydrogen) atoms. The molecule has 0 aliphatic carbocycles. The second kappa shape index (κ2) is 8.77. The zero-order chi connectivity index (χ0) is 20.0. The molecule has 3 aromatic rings. The van der Waals surface area contributed by atoms with Gasteiger partial charge in [0.15, 0.2) is 0 Å². The lowest BCUT2D eigenvalue weighted by Gasteiger charge is -2.09. The third-order valence-electron chi connectivity index (χ3n) is 4.26. The van der Waals surface area contributed by atoms with E-state index in [9.17, 15) is 13.2 Å². The Balaban J connectivity index is 1.65. The summed E-state index contributed by atoms with van der Waals surface area (Å²) >= 11 is 0. The van der Waals surface area contributed by atoms with Gasteiger partial charge in [0.1, 0.15) is 0 Å². The van der Waals surface area contributed by atoms with Gasteiger partial charge < -0.3 is 5.32 Å². The molecule has 144 valence electrons. The Morgan fingerprint density at radius 3 is 2.14 bits per heavy atom. The van der Waals surface area contributed by atoms with Crippen molar-refractivity contribution < 1.29 is 13.2 Å². The summed E-state index contributed by atoms with van der Waals surface area (Å²) in [6.45, 7) is 2.23. The lowest BCUT2D eigenvalue weighted by molar-refractivity contribution is 0.102. The number of pyridine rings is 1. The minimum absolute atomic E-state index is 0.102. The molecule has 0 aliphatic heterocycles. The molecular formula is C21H21N3O3S. The number of aryl methyl sites for hydroxylation is 1. The molecular weight excluding hydrogens is 374 g/mol. The Bertz CT molecular complexity index is 1030. The van der Waals surface area contributed by atoms with Gasteiger partial charge in [-0.05, 0) is 66.1 Å². The first-order valence-corrected chi connectivity index (χ1v) is 10.3. The van der Waals surface area contributed by atoms with Crippen molar-refractivity contribution in [2.75, 3.05) is 5.32 Å². The van der Waals surface area contributed by atoms with Gasteiger partial charge in [-0.2, -0.15) is 0 Å². The number of amides is 1. The Kier molecular flexibility index (Phi) is 6.18. The van der Waals surface area contributed by atoms with Crippen LogP contribution in [0.25, 0.3) is 0 Å². The van der Waals surface area contributed by atoms with E-state index in [0.717, 1.165) is 12.0 Å². The standard InChI is InChI=1S/C21H21N3O3S/c1-2-16-3-7-19(8-4-16)24-21(25)18-5-9-20(10-6-18)28(26,27)23-15-17-11-13-22-14-12-17/h3-14,23H,2,15H2,1H3,(H,24,25). The van der Waals surface area contributed by atoms with Gasteiger partial charge in [0.25, 0.3) is 5.91 Å². The number of rotatable bonds is 7. The number of hydrogen-bond donors (Lipinski definition) is 2. The third-order valence-corrected chi connectivity index (χ3v) is 5.68. The molecule has 0 spiro atoms. The Labute approximate surface area is 164 Å². The van der Waals surface area contributed by atoms with Crippen LogP contribution in [-0.4, -0.2) is 19.3 Å². The largest absolute Gasteiger partial charge is 0.322 e. The van der Waals surface area contributed by atoms with Crippen LogP contribution in [0.5, 0.6) is 0 Å². The molecule has 0 saturated carbocycles. The van der Waals surface area contributed by atoms with Crippen LogP contribution in [0.2, 0.25) is 0 Å². The van der Waals surface area contributed by atoms with Crippen molar-refractivity contribution in [2.24, 2.45) is 0 Å². The van der Waals surface area contributed by atoms with Crippen molar-refractivity contribution >= 4 is 21.6 Å². The van der Waals surface area contributed by atoms with Crippen molar-refractivity contribution in [1.29, 1.82) is 0 Å². The first-order valence-electron chi connectivity index (χ1n) is 8.87. The van der Waals surface area contributed by atoms with Gasteiger partial charge >= 0.3 is 0 Å². The van der Waals surface area contributed by atoms with Gasteiger partial charge in [0, 0.05) is 30.2 Å². The molecule has 3 rings (SSSR count). The topological polar surface area (TPSA) is 88.2 Å². The molecule has 1 heterocycles. The van der Waals surface area contributed by atoms with E-state index in [1.165, 1.54) is 29.8 Å². The summed E-state index contributed by atoms with van der Waals surface area (Å²) in [5, 5.41) is 2.80. The quantitative estimate of drug-likeness (QED) is 0.642. The fourth-order valence-electron chi connectivity index (χ4n) is 2.57. The highest BCUT2D eigenvalue weighted by Gasteiger charge is 2.15. The number of benzene rings is 2. The van der Waals surface area contributed by atoms with Crippen LogP contribution >= 0.6 is 0 Å². The van der Waals surface area contributed by atoms with E-state index >= 15 is 0 Å². The summed E-state index contributed by atoms with van der Waals surface area (Å²) in [5.41, 5.74) is 3.07. The molecule has 0 aliphatic rings. The minimum atomic E-state index is -3.67. The minimum Gasteiger partial charge on any atom is -0.322 e. The van der Waals surface area contributed by atoms with Gasteiger partial charge in [-0.3, -0.25) is 9.78 Å². The van der Waals surface area contributed by atoms with Crippen LogP contribution in [0.1, 0.15) is 28.4 Å². The van der Waals surface area contributed by atoms with E-state index in [4.69, 9.17) is 0 Å². The number of carbonyl (C=O) groups is 1. The monoisotopic (exact) mass is 395 g/mol. The molecule has 7 heteroatoms. The number of sulfonamides is 1. The number of nitrogens with zero attached hydrogens (tertiary/aromatic N) is 1. The predicted molar refractivity (Wildman–Crippen MR) is 108 cm³/mol. The smallest absolute Gasteiger partial charge is 0.255 e. The maximum atomic E-state index is 12.4. The van der Waals surface area contributed by atoms with Crippen molar-refractivity contribution in [3.63, 3.8) is 0 Å². The Hall–Kier alpha value is -3.03. The zero-order valence-corrected chi connectivity index (χ0v) is 16.2. The predicted octanol–water partition coefficient (Wildman–Crippen LogP) is 3.37. The highest BCUT2D eigenvalue weighted by molar-refractivity contribution is 7.89. The van der Waals surface area contributed by atoms with E-state index in [-0.39, 0.29) is 17.3 Å². The van der Waals surface area contributed by atoms with E-state index in [2.05, 4.69) is 21.9 Å². The second-order valence-corrected chi connectivity index (χ2v) is 7.98. The number of aromatic nitrogens is 1. The highest BCUT2D eigenvalue weighted by Crippen LogP contribution is 2.14. The summed E-state index contributed by atoms with van der Waals surface area (Å²) in [6.07, 6.45) is 4.14. The van der Waals surface area contributed by atoms with Crippen LogP contribution in [0.15, 0.2) is 78.0 Å². The SMILES string of the molecule is CCc1ccc(NC(=O)c2ccc(S(=O)(=O)NCc3ccncc3)cc2)cc1. The van der Waals surface area contributed by atoms with E-state index < -0.39 is 10.0 Å². The number of anilines is 1. The number of nitrogens with one attached hydrogen (secondary N) is 2. The molecule has 1 amide bonds. The summed E-state index contributed by atoms with van der Waals surface area (Å²) in [7, 11) is -3.67. The first-order chi connectivity index (χ1) is 13.5. The zero-order valence-electron chi connectivity index (χ0n) is 15.4.